The number of thiophene rings is 1. The molecule has 3 heterocycles. The molecular weight excluding hydrogens is 344 g/mol. The molecule has 0 unspecified atom stereocenters. The first-order chi connectivity index (χ1) is 12.9. The maximum Gasteiger partial charge on any atom is 0.222 e. The number of aromatic nitrogens is 4. The standard InChI is InChI=1S/C19H18N6S/c1-2-6-14(7-3-1)16-12-15-17(24-13-25-18(15)26-16)20-8-4-9-21-19-22-10-5-11-23-19/h1-3,5-7,10-13H,4,8-9H2,(H,20,24,25)(H,21,22,23). The second kappa shape index (κ2) is 7.88. The summed E-state index contributed by atoms with van der Waals surface area (Å²) in [7, 11) is 0. The van der Waals surface area contributed by atoms with Crippen LogP contribution in [-0.2, 0) is 0 Å². The molecule has 0 amide bonds. The van der Waals surface area contributed by atoms with E-state index in [1.54, 1.807) is 36.1 Å². The maximum atomic E-state index is 4.41. The first-order valence-corrected chi connectivity index (χ1v) is 9.26. The fourth-order valence-electron chi connectivity index (χ4n) is 2.63. The third-order valence-corrected chi connectivity index (χ3v) is 4.97. The highest BCUT2D eigenvalue weighted by Gasteiger charge is 2.09. The topological polar surface area (TPSA) is 75.6 Å². The molecule has 0 atom stereocenters. The summed E-state index contributed by atoms with van der Waals surface area (Å²) in [6.45, 7) is 1.60. The van der Waals surface area contributed by atoms with Crippen LogP contribution >= 0.6 is 11.3 Å². The molecule has 4 aromatic rings. The van der Waals surface area contributed by atoms with Crippen LogP contribution in [0, 0.1) is 0 Å². The van der Waals surface area contributed by atoms with Gasteiger partial charge in [0.1, 0.15) is 17.0 Å². The third-order valence-electron chi connectivity index (χ3n) is 3.88. The fraction of sp³-hybridized carbons (Fsp3) is 0.158. The van der Waals surface area contributed by atoms with E-state index in [9.17, 15) is 0 Å². The normalized spacial score (nSPS) is 10.8. The zero-order chi connectivity index (χ0) is 17.6. The zero-order valence-electron chi connectivity index (χ0n) is 14.1. The van der Waals surface area contributed by atoms with Gasteiger partial charge in [0.2, 0.25) is 5.95 Å². The lowest BCUT2D eigenvalue weighted by atomic mass is 10.2. The highest BCUT2D eigenvalue weighted by atomic mass is 32.1. The molecule has 0 aliphatic rings. The molecule has 1 aromatic carbocycles. The van der Waals surface area contributed by atoms with Gasteiger partial charge < -0.3 is 10.6 Å². The summed E-state index contributed by atoms with van der Waals surface area (Å²) in [4.78, 5) is 19.3. The van der Waals surface area contributed by atoms with Crippen LogP contribution < -0.4 is 10.6 Å². The number of anilines is 2. The number of nitrogens with one attached hydrogen (secondary N) is 2. The molecule has 0 radical (unpaired) electrons. The van der Waals surface area contributed by atoms with Gasteiger partial charge in [-0.3, -0.25) is 0 Å². The summed E-state index contributed by atoms with van der Waals surface area (Å²) >= 11 is 1.69. The largest absolute Gasteiger partial charge is 0.369 e. The molecule has 0 bridgehead atoms. The van der Waals surface area contributed by atoms with E-state index in [-0.39, 0.29) is 0 Å². The van der Waals surface area contributed by atoms with Crippen LogP contribution in [0.4, 0.5) is 11.8 Å². The Morgan fingerprint density at radius 3 is 2.50 bits per heavy atom. The van der Waals surface area contributed by atoms with Gasteiger partial charge in [0.15, 0.2) is 0 Å². The molecule has 0 spiro atoms. The van der Waals surface area contributed by atoms with Crippen molar-refractivity contribution in [2.24, 2.45) is 0 Å². The first kappa shape index (κ1) is 16.4. The van der Waals surface area contributed by atoms with Gasteiger partial charge in [-0.2, -0.15) is 0 Å². The first-order valence-electron chi connectivity index (χ1n) is 8.45. The Kier molecular flexibility index (Phi) is 4.97. The van der Waals surface area contributed by atoms with Crippen LogP contribution in [0.5, 0.6) is 0 Å². The van der Waals surface area contributed by atoms with Gasteiger partial charge in [-0.1, -0.05) is 30.3 Å². The van der Waals surface area contributed by atoms with Crippen LogP contribution in [0.1, 0.15) is 6.42 Å². The predicted molar refractivity (Wildman–Crippen MR) is 106 cm³/mol. The predicted octanol–water partition coefficient (Wildman–Crippen LogP) is 4.06. The van der Waals surface area contributed by atoms with Gasteiger partial charge in [-0.25, -0.2) is 19.9 Å². The van der Waals surface area contributed by atoms with Crippen molar-refractivity contribution in [3.8, 4) is 10.4 Å². The van der Waals surface area contributed by atoms with Crippen molar-refractivity contribution in [1.29, 1.82) is 0 Å². The molecule has 0 saturated heterocycles. The Balaban J connectivity index is 1.39. The molecule has 4 rings (SSSR count). The summed E-state index contributed by atoms with van der Waals surface area (Å²) in [6, 6.07) is 14.3. The Morgan fingerprint density at radius 2 is 1.65 bits per heavy atom. The van der Waals surface area contributed by atoms with Gasteiger partial charge in [-0.05, 0) is 24.1 Å². The summed E-state index contributed by atoms with van der Waals surface area (Å²) in [6.07, 6.45) is 6.00. The summed E-state index contributed by atoms with van der Waals surface area (Å²) in [5.41, 5.74) is 1.20. The summed E-state index contributed by atoms with van der Waals surface area (Å²) in [5, 5.41) is 7.68. The van der Waals surface area contributed by atoms with E-state index < -0.39 is 0 Å². The quantitative estimate of drug-likeness (QED) is 0.483. The third kappa shape index (κ3) is 3.78. The molecule has 0 fully saturated rings. The van der Waals surface area contributed by atoms with Gasteiger partial charge in [0.05, 0.1) is 5.39 Å². The van der Waals surface area contributed by atoms with Crippen molar-refractivity contribution >= 4 is 33.3 Å². The van der Waals surface area contributed by atoms with Crippen LogP contribution in [0.25, 0.3) is 20.7 Å². The minimum absolute atomic E-state index is 0.655. The minimum Gasteiger partial charge on any atom is -0.369 e. The molecule has 7 heteroatoms. The van der Waals surface area contributed by atoms with Gasteiger partial charge >= 0.3 is 0 Å². The van der Waals surface area contributed by atoms with Crippen molar-refractivity contribution in [2.45, 2.75) is 6.42 Å². The maximum absolute atomic E-state index is 4.41. The molecule has 0 aliphatic carbocycles. The zero-order valence-corrected chi connectivity index (χ0v) is 14.9. The van der Waals surface area contributed by atoms with Crippen molar-refractivity contribution in [3.63, 3.8) is 0 Å². The Labute approximate surface area is 155 Å². The Hall–Kier alpha value is -3.06. The van der Waals surface area contributed by atoms with Crippen LogP contribution in [0.3, 0.4) is 0 Å². The average molecular weight is 362 g/mol. The molecule has 2 N–H and O–H groups in total. The second-order valence-electron chi connectivity index (χ2n) is 5.70. The number of benzene rings is 1. The lowest BCUT2D eigenvalue weighted by Crippen LogP contribution is -2.11. The number of hydrogen-bond acceptors (Lipinski definition) is 7. The smallest absolute Gasteiger partial charge is 0.222 e. The summed E-state index contributed by atoms with van der Waals surface area (Å²) in [5.74, 6) is 1.53. The molecule has 6 nitrogen and oxygen atoms in total. The van der Waals surface area contributed by atoms with Gasteiger partial charge in [0.25, 0.3) is 0 Å². The number of fused-ring (bicyclic) bond motifs is 1. The monoisotopic (exact) mass is 362 g/mol. The Bertz CT molecular complexity index is 971. The van der Waals surface area contributed by atoms with Crippen molar-refractivity contribution < 1.29 is 0 Å². The number of hydrogen-bond donors (Lipinski definition) is 2. The SMILES string of the molecule is c1ccc(-c2cc3c(NCCCNc4ncccn4)ncnc3s2)cc1. The lowest BCUT2D eigenvalue weighted by Gasteiger charge is -2.07. The fourth-order valence-corrected chi connectivity index (χ4v) is 3.63. The molecule has 3 aromatic heterocycles. The second-order valence-corrected chi connectivity index (χ2v) is 6.73. The number of rotatable bonds is 7. The van der Waals surface area contributed by atoms with Crippen LogP contribution in [0.15, 0.2) is 61.2 Å². The highest BCUT2D eigenvalue weighted by molar-refractivity contribution is 7.21. The van der Waals surface area contributed by atoms with Crippen molar-refractivity contribution in [2.75, 3.05) is 23.7 Å². The minimum atomic E-state index is 0.655. The Morgan fingerprint density at radius 1 is 0.846 bits per heavy atom. The van der Waals surface area contributed by atoms with Crippen molar-refractivity contribution in [1.82, 2.24) is 19.9 Å². The van der Waals surface area contributed by atoms with E-state index in [1.165, 1.54) is 10.4 Å². The van der Waals surface area contributed by atoms with E-state index in [0.29, 0.717) is 5.95 Å². The van der Waals surface area contributed by atoms with Crippen LogP contribution in [-0.4, -0.2) is 33.0 Å². The molecule has 0 saturated carbocycles. The average Bonchev–Trinajstić information content (AvgIpc) is 3.14. The lowest BCUT2D eigenvalue weighted by molar-refractivity contribution is 0.891. The molecular formula is C19H18N6S. The van der Waals surface area contributed by atoms with E-state index >= 15 is 0 Å². The van der Waals surface area contributed by atoms with E-state index in [2.05, 4.69) is 48.8 Å². The van der Waals surface area contributed by atoms with Crippen molar-refractivity contribution in [3.05, 3.63) is 61.2 Å². The highest BCUT2D eigenvalue weighted by Crippen LogP contribution is 2.34. The van der Waals surface area contributed by atoms with Crippen LogP contribution in [0.2, 0.25) is 0 Å². The molecule has 26 heavy (non-hydrogen) atoms. The van der Waals surface area contributed by atoms with E-state index in [1.807, 2.05) is 18.2 Å². The van der Waals surface area contributed by atoms with Gasteiger partial charge in [-0.15, -0.1) is 11.3 Å². The van der Waals surface area contributed by atoms with E-state index in [4.69, 9.17) is 0 Å². The summed E-state index contributed by atoms with van der Waals surface area (Å²) < 4.78 is 0. The molecule has 130 valence electrons. The van der Waals surface area contributed by atoms with Gasteiger partial charge in [0, 0.05) is 30.4 Å². The molecule has 0 aliphatic heterocycles. The van der Waals surface area contributed by atoms with E-state index in [0.717, 1.165) is 35.5 Å². The number of nitrogens with zero attached hydrogens (tertiary/aromatic N) is 4.